The maximum atomic E-state index is 9.20. The van der Waals surface area contributed by atoms with Crippen molar-refractivity contribution in [1.29, 1.82) is 5.26 Å². The molecule has 1 atom stereocenters. The molecule has 0 spiro atoms. The molecule has 0 bridgehead atoms. The zero-order valence-corrected chi connectivity index (χ0v) is 11.1. The van der Waals surface area contributed by atoms with E-state index in [4.69, 9.17) is 4.74 Å². The van der Waals surface area contributed by atoms with Gasteiger partial charge in [-0.1, -0.05) is 18.2 Å². The van der Waals surface area contributed by atoms with Crippen molar-refractivity contribution in [2.45, 2.75) is 39.0 Å². The smallest absolute Gasteiger partial charge is 0.138 e. The fourth-order valence-electron chi connectivity index (χ4n) is 1.74. The Morgan fingerprint density at radius 2 is 2.11 bits per heavy atom. The average Bonchev–Trinajstić information content (AvgIpc) is 2.36. The normalized spacial score (nSPS) is 14.0. The first-order valence-electron chi connectivity index (χ1n) is 6.01. The van der Waals surface area contributed by atoms with E-state index in [0.29, 0.717) is 5.75 Å². The monoisotopic (exact) mass is 248 g/mol. The van der Waals surface area contributed by atoms with Gasteiger partial charge in [-0.2, -0.15) is 5.26 Å². The van der Waals surface area contributed by atoms with Gasteiger partial charge in [0, 0.05) is 11.6 Å². The summed E-state index contributed by atoms with van der Waals surface area (Å²) >= 11 is 0. The largest absolute Gasteiger partial charge is 0.490 e. The molecule has 0 aliphatic carbocycles. The first-order chi connectivity index (χ1) is 8.50. The van der Waals surface area contributed by atoms with Crippen LogP contribution in [0, 0.1) is 11.3 Å². The van der Waals surface area contributed by atoms with Gasteiger partial charge in [-0.25, -0.2) is 0 Å². The van der Waals surface area contributed by atoms with Crippen molar-refractivity contribution in [2.24, 2.45) is 0 Å². The molecule has 0 aromatic heterocycles. The Labute approximate surface area is 108 Å². The molecule has 0 amide bonds. The molecule has 2 N–H and O–H groups in total. The average molecular weight is 248 g/mol. The number of nitrogens with one attached hydrogen (secondary N) is 1. The van der Waals surface area contributed by atoms with Gasteiger partial charge in [0.2, 0.25) is 0 Å². The Hall–Kier alpha value is -1.57. The molecule has 18 heavy (non-hydrogen) atoms. The number of hydrogen-bond donors (Lipinski definition) is 2. The number of hydrogen-bond acceptors (Lipinski definition) is 4. The van der Waals surface area contributed by atoms with Crippen LogP contribution in [-0.4, -0.2) is 23.3 Å². The van der Waals surface area contributed by atoms with E-state index in [0.717, 1.165) is 5.56 Å². The number of para-hydroxylation sites is 1. The van der Waals surface area contributed by atoms with Crippen LogP contribution < -0.4 is 10.1 Å². The molecule has 0 aliphatic heterocycles. The predicted octanol–water partition coefficient (Wildman–Crippen LogP) is 1.84. The van der Waals surface area contributed by atoms with Crippen LogP contribution in [0.3, 0.4) is 0 Å². The van der Waals surface area contributed by atoms with Gasteiger partial charge < -0.3 is 9.84 Å². The molecule has 0 radical (unpaired) electrons. The topological polar surface area (TPSA) is 65.3 Å². The summed E-state index contributed by atoms with van der Waals surface area (Å²) in [7, 11) is 0. The lowest BCUT2D eigenvalue weighted by atomic mass is 10.1. The molecular formula is C14H20N2O2. The van der Waals surface area contributed by atoms with Crippen LogP contribution in [0.2, 0.25) is 0 Å². The van der Waals surface area contributed by atoms with Gasteiger partial charge in [-0.15, -0.1) is 0 Å². The standard InChI is InChI=1S/C14H20N2O2/c1-11(2)16-14(3,9-15)10-18-13-7-5-4-6-12(13)8-17/h4-7,11,16-17H,8,10H2,1-3H3. The van der Waals surface area contributed by atoms with E-state index in [-0.39, 0.29) is 19.3 Å². The van der Waals surface area contributed by atoms with E-state index in [9.17, 15) is 10.4 Å². The van der Waals surface area contributed by atoms with Gasteiger partial charge >= 0.3 is 0 Å². The van der Waals surface area contributed by atoms with E-state index in [1.807, 2.05) is 26.0 Å². The zero-order valence-electron chi connectivity index (χ0n) is 11.1. The van der Waals surface area contributed by atoms with E-state index in [1.54, 1.807) is 19.1 Å². The maximum Gasteiger partial charge on any atom is 0.138 e. The molecule has 0 heterocycles. The number of nitrogens with zero attached hydrogens (tertiary/aromatic N) is 1. The Kier molecular flexibility index (Phi) is 5.14. The molecule has 0 fully saturated rings. The van der Waals surface area contributed by atoms with Crippen molar-refractivity contribution in [3.8, 4) is 11.8 Å². The summed E-state index contributed by atoms with van der Waals surface area (Å²) in [4.78, 5) is 0. The minimum Gasteiger partial charge on any atom is -0.490 e. The molecule has 1 aromatic rings. The lowest BCUT2D eigenvalue weighted by molar-refractivity contribution is 0.215. The highest BCUT2D eigenvalue weighted by molar-refractivity contribution is 5.32. The van der Waals surface area contributed by atoms with Crippen molar-refractivity contribution >= 4 is 0 Å². The first-order valence-corrected chi connectivity index (χ1v) is 6.01. The van der Waals surface area contributed by atoms with E-state index in [1.165, 1.54) is 0 Å². The van der Waals surface area contributed by atoms with Crippen molar-refractivity contribution in [1.82, 2.24) is 5.32 Å². The summed E-state index contributed by atoms with van der Waals surface area (Å²) in [6.07, 6.45) is 0. The van der Waals surface area contributed by atoms with Gasteiger partial charge in [0.1, 0.15) is 17.9 Å². The lowest BCUT2D eigenvalue weighted by Gasteiger charge is -2.26. The van der Waals surface area contributed by atoms with Gasteiger partial charge in [-0.3, -0.25) is 5.32 Å². The van der Waals surface area contributed by atoms with Crippen LogP contribution in [0.5, 0.6) is 5.75 Å². The molecule has 4 heteroatoms. The highest BCUT2D eigenvalue weighted by Gasteiger charge is 2.25. The van der Waals surface area contributed by atoms with Crippen molar-refractivity contribution in [3.63, 3.8) is 0 Å². The highest BCUT2D eigenvalue weighted by Crippen LogP contribution is 2.19. The third-order valence-electron chi connectivity index (χ3n) is 2.51. The van der Waals surface area contributed by atoms with Crippen molar-refractivity contribution < 1.29 is 9.84 Å². The zero-order chi connectivity index (χ0) is 13.6. The fourth-order valence-corrected chi connectivity index (χ4v) is 1.74. The molecule has 1 rings (SSSR count). The minimum atomic E-state index is -0.739. The van der Waals surface area contributed by atoms with Gasteiger partial charge in [0.25, 0.3) is 0 Å². The second-order valence-corrected chi connectivity index (χ2v) is 4.80. The van der Waals surface area contributed by atoms with Crippen LogP contribution in [0.25, 0.3) is 0 Å². The van der Waals surface area contributed by atoms with Crippen LogP contribution in [0.15, 0.2) is 24.3 Å². The molecule has 4 nitrogen and oxygen atoms in total. The number of ether oxygens (including phenoxy) is 1. The summed E-state index contributed by atoms with van der Waals surface area (Å²) in [6, 6.07) is 9.69. The molecule has 1 unspecified atom stereocenters. The van der Waals surface area contributed by atoms with Crippen molar-refractivity contribution in [2.75, 3.05) is 6.61 Å². The van der Waals surface area contributed by atoms with Gasteiger partial charge in [0.05, 0.1) is 12.7 Å². The lowest BCUT2D eigenvalue weighted by Crippen LogP contribution is -2.49. The molecule has 0 saturated carbocycles. The quantitative estimate of drug-likeness (QED) is 0.806. The van der Waals surface area contributed by atoms with Gasteiger partial charge in [0.15, 0.2) is 0 Å². The molecule has 98 valence electrons. The second-order valence-electron chi connectivity index (χ2n) is 4.80. The van der Waals surface area contributed by atoms with E-state index < -0.39 is 5.54 Å². The highest BCUT2D eigenvalue weighted by atomic mass is 16.5. The number of nitriles is 1. The minimum absolute atomic E-state index is 0.0724. The third kappa shape index (κ3) is 4.02. The predicted molar refractivity (Wildman–Crippen MR) is 70.1 cm³/mol. The van der Waals surface area contributed by atoms with Crippen LogP contribution >= 0.6 is 0 Å². The number of aliphatic hydroxyl groups excluding tert-OH is 1. The summed E-state index contributed by atoms with van der Waals surface area (Å²) in [5.41, 5.74) is -0.0150. The summed E-state index contributed by atoms with van der Waals surface area (Å²) in [5, 5.41) is 21.6. The summed E-state index contributed by atoms with van der Waals surface area (Å²) in [5.74, 6) is 0.618. The number of benzene rings is 1. The summed E-state index contributed by atoms with van der Waals surface area (Å²) < 4.78 is 5.64. The van der Waals surface area contributed by atoms with Gasteiger partial charge in [-0.05, 0) is 26.8 Å². The first kappa shape index (κ1) is 14.5. The number of rotatable bonds is 6. The fraction of sp³-hybridized carbons (Fsp3) is 0.500. The second kappa shape index (κ2) is 6.39. The van der Waals surface area contributed by atoms with Crippen molar-refractivity contribution in [3.05, 3.63) is 29.8 Å². The Morgan fingerprint density at radius 3 is 2.67 bits per heavy atom. The van der Waals surface area contributed by atoms with Crippen LogP contribution in [0.4, 0.5) is 0 Å². The summed E-state index contributed by atoms with van der Waals surface area (Å²) in [6.45, 7) is 5.93. The Bertz CT molecular complexity index is 426. The maximum absolute atomic E-state index is 9.20. The van der Waals surface area contributed by atoms with Crippen LogP contribution in [-0.2, 0) is 6.61 Å². The van der Waals surface area contributed by atoms with E-state index >= 15 is 0 Å². The van der Waals surface area contributed by atoms with E-state index in [2.05, 4.69) is 11.4 Å². The van der Waals surface area contributed by atoms with Crippen LogP contribution in [0.1, 0.15) is 26.3 Å². The third-order valence-corrected chi connectivity index (χ3v) is 2.51. The Morgan fingerprint density at radius 1 is 1.44 bits per heavy atom. The molecule has 0 aliphatic rings. The molecular weight excluding hydrogens is 228 g/mol. The molecule has 0 saturated heterocycles. The molecule has 1 aromatic carbocycles. The SMILES string of the molecule is CC(C)NC(C)(C#N)COc1ccccc1CO. The Balaban J connectivity index is 2.71. The number of aliphatic hydroxyl groups is 1.